The number of benzene rings is 1. The Bertz CT molecular complexity index is 902. The van der Waals surface area contributed by atoms with Gasteiger partial charge in [-0.3, -0.25) is 9.59 Å². The first-order chi connectivity index (χ1) is 11.2. The molecule has 1 N–H and O–H groups in total. The van der Waals surface area contributed by atoms with Crippen molar-refractivity contribution >= 4 is 28.0 Å². The van der Waals surface area contributed by atoms with Crippen LogP contribution in [0.1, 0.15) is 16.9 Å². The first-order valence-electron chi connectivity index (χ1n) is 7.20. The molecule has 0 radical (unpaired) electrons. The second-order valence-electron chi connectivity index (χ2n) is 4.91. The topological polar surface area (TPSA) is 89.8 Å². The molecule has 23 heavy (non-hydrogen) atoms. The Morgan fingerprint density at radius 1 is 1.26 bits per heavy atom. The molecule has 0 saturated heterocycles. The Labute approximate surface area is 136 Å². The Morgan fingerprint density at radius 2 is 2.04 bits per heavy atom. The van der Waals surface area contributed by atoms with Gasteiger partial charge in [-0.2, -0.15) is 5.10 Å². The fourth-order valence-electron chi connectivity index (χ4n) is 2.11. The molecule has 2 heterocycles. The van der Waals surface area contributed by atoms with Gasteiger partial charge in [0.1, 0.15) is 16.6 Å². The third-order valence-corrected chi connectivity index (χ3v) is 4.37. The van der Waals surface area contributed by atoms with E-state index in [1.165, 1.54) is 11.3 Å². The first kappa shape index (κ1) is 15.3. The highest BCUT2D eigenvalue weighted by atomic mass is 32.1. The van der Waals surface area contributed by atoms with Crippen LogP contribution < -0.4 is 10.9 Å². The van der Waals surface area contributed by atoms with Gasteiger partial charge in [0.2, 0.25) is 5.91 Å². The van der Waals surface area contributed by atoms with E-state index in [0.29, 0.717) is 11.9 Å². The van der Waals surface area contributed by atoms with Crippen LogP contribution in [0.25, 0.3) is 10.8 Å². The lowest BCUT2D eigenvalue weighted by Crippen LogP contribution is -2.33. The zero-order valence-electron chi connectivity index (χ0n) is 12.5. The molecule has 118 valence electrons. The van der Waals surface area contributed by atoms with Crippen molar-refractivity contribution < 1.29 is 4.79 Å². The Balaban J connectivity index is 1.68. The molecule has 2 aromatic heterocycles. The lowest BCUT2D eigenvalue weighted by molar-refractivity contribution is -0.122. The molecule has 3 rings (SSSR count). The van der Waals surface area contributed by atoms with Crippen molar-refractivity contribution in [1.82, 2.24) is 25.3 Å². The van der Waals surface area contributed by atoms with Gasteiger partial charge in [-0.15, -0.1) is 10.2 Å². The van der Waals surface area contributed by atoms with Crippen LogP contribution in [0.2, 0.25) is 0 Å². The molecular formula is C15H15N5O2S. The van der Waals surface area contributed by atoms with E-state index in [1.54, 1.807) is 18.3 Å². The van der Waals surface area contributed by atoms with Crippen molar-refractivity contribution in [3.8, 4) is 0 Å². The molecule has 8 heteroatoms. The molecule has 0 atom stereocenters. The number of carbonyl (C=O) groups is 1. The summed E-state index contributed by atoms with van der Waals surface area (Å²) in [4.78, 5) is 24.3. The van der Waals surface area contributed by atoms with Gasteiger partial charge in [0.05, 0.1) is 18.1 Å². The number of rotatable bonds is 5. The van der Waals surface area contributed by atoms with Crippen molar-refractivity contribution in [2.75, 3.05) is 0 Å². The number of amides is 1. The van der Waals surface area contributed by atoms with Crippen LogP contribution in [0.3, 0.4) is 0 Å². The summed E-state index contributed by atoms with van der Waals surface area (Å²) >= 11 is 1.47. The fraction of sp³-hybridized carbons (Fsp3) is 0.267. The molecular weight excluding hydrogens is 314 g/mol. The molecule has 0 aliphatic rings. The summed E-state index contributed by atoms with van der Waals surface area (Å²) < 4.78 is 1.16. The van der Waals surface area contributed by atoms with Gasteiger partial charge < -0.3 is 5.32 Å². The van der Waals surface area contributed by atoms with Crippen molar-refractivity contribution in [1.29, 1.82) is 0 Å². The van der Waals surface area contributed by atoms with Crippen molar-refractivity contribution in [2.45, 2.75) is 26.4 Å². The third kappa shape index (κ3) is 3.42. The number of aromatic nitrogens is 4. The average molecular weight is 329 g/mol. The van der Waals surface area contributed by atoms with E-state index in [4.69, 9.17) is 0 Å². The summed E-state index contributed by atoms with van der Waals surface area (Å²) in [7, 11) is 0. The number of fused-ring (bicyclic) bond motifs is 1. The molecule has 0 saturated carbocycles. The summed E-state index contributed by atoms with van der Waals surface area (Å²) in [6.45, 7) is 2.18. The van der Waals surface area contributed by atoms with Gasteiger partial charge in [-0.25, -0.2) is 4.68 Å². The van der Waals surface area contributed by atoms with Crippen LogP contribution in [-0.2, 0) is 24.3 Å². The normalized spacial score (nSPS) is 10.8. The largest absolute Gasteiger partial charge is 0.348 e. The third-order valence-electron chi connectivity index (χ3n) is 3.30. The number of carbonyl (C=O) groups excluding carboxylic acids is 1. The van der Waals surface area contributed by atoms with Gasteiger partial charge in [0.15, 0.2) is 0 Å². The second kappa shape index (κ2) is 6.66. The highest BCUT2D eigenvalue weighted by Gasteiger charge is 2.09. The van der Waals surface area contributed by atoms with E-state index in [-0.39, 0.29) is 18.0 Å². The Kier molecular flexibility index (Phi) is 4.42. The minimum atomic E-state index is -0.289. The summed E-state index contributed by atoms with van der Waals surface area (Å²) in [5.74, 6) is -0.289. The average Bonchev–Trinajstić information content (AvgIpc) is 3.04. The zero-order chi connectivity index (χ0) is 16.2. The van der Waals surface area contributed by atoms with Gasteiger partial charge in [0.25, 0.3) is 5.56 Å². The maximum Gasteiger partial charge on any atom is 0.275 e. The summed E-state index contributed by atoms with van der Waals surface area (Å²) in [6.07, 6.45) is 2.41. The predicted octanol–water partition coefficient (Wildman–Crippen LogP) is 1.13. The molecule has 3 aromatic rings. The van der Waals surface area contributed by atoms with Gasteiger partial charge in [0, 0.05) is 5.39 Å². The molecule has 7 nitrogen and oxygen atoms in total. The second-order valence-corrected chi connectivity index (χ2v) is 6.06. The van der Waals surface area contributed by atoms with E-state index in [0.717, 1.165) is 26.5 Å². The predicted molar refractivity (Wildman–Crippen MR) is 87.1 cm³/mol. The minimum absolute atomic E-state index is 0.122. The minimum Gasteiger partial charge on any atom is -0.348 e. The van der Waals surface area contributed by atoms with Gasteiger partial charge >= 0.3 is 0 Å². The number of aryl methyl sites for hydroxylation is 1. The highest BCUT2D eigenvalue weighted by Crippen LogP contribution is 2.09. The molecule has 1 aromatic carbocycles. The molecule has 0 unspecified atom stereocenters. The lowest BCUT2D eigenvalue weighted by atomic mass is 10.2. The number of nitrogens with zero attached hydrogens (tertiary/aromatic N) is 4. The SMILES string of the molecule is CCc1nnc(CNC(=O)Cn2ncc3ccccc3c2=O)s1. The zero-order valence-corrected chi connectivity index (χ0v) is 13.3. The van der Waals surface area contributed by atoms with Crippen LogP contribution in [0, 0.1) is 0 Å². The summed E-state index contributed by atoms with van der Waals surface area (Å²) in [5.41, 5.74) is -0.276. The number of hydrogen-bond donors (Lipinski definition) is 1. The Hall–Kier alpha value is -2.61. The van der Waals surface area contributed by atoms with Crippen LogP contribution in [0.4, 0.5) is 0 Å². The lowest BCUT2D eigenvalue weighted by Gasteiger charge is -2.06. The quantitative estimate of drug-likeness (QED) is 0.758. The summed E-state index contributed by atoms with van der Waals surface area (Å²) in [5, 5.41) is 17.7. The van der Waals surface area contributed by atoms with E-state index in [1.807, 2.05) is 19.1 Å². The van der Waals surface area contributed by atoms with E-state index >= 15 is 0 Å². The first-order valence-corrected chi connectivity index (χ1v) is 8.02. The van der Waals surface area contributed by atoms with Crippen molar-refractivity contribution in [3.05, 3.63) is 50.8 Å². The van der Waals surface area contributed by atoms with Crippen LogP contribution in [0.5, 0.6) is 0 Å². The number of hydrogen-bond acceptors (Lipinski definition) is 6. The van der Waals surface area contributed by atoms with Crippen molar-refractivity contribution in [3.63, 3.8) is 0 Å². The summed E-state index contributed by atoms with van der Waals surface area (Å²) in [6, 6.07) is 7.16. The van der Waals surface area contributed by atoms with E-state index in [2.05, 4.69) is 20.6 Å². The standard InChI is InChI=1S/C15H15N5O2S/c1-2-13-18-19-14(23-13)8-16-12(21)9-20-15(22)11-6-4-3-5-10(11)7-17-20/h3-7H,2,8-9H2,1H3,(H,16,21). The van der Waals surface area contributed by atoms with Crippen LogP contribution in [0.15, 0.2) is 35.3 Å². The fourth-order valence-corrected chi connectivity index (χ4v) is 2.83. The molecule has 0 aliphatic carbocycles. The highest BCUT2D eigenvalue weighted by molar-refractivity contribution is 7.11. The molecule has 0 aliphatic heterocycles. The molecule has 0 fully saturated rings. The van der Waals surface area contributed by atoms with E-state index in [9.17, 15) is 9.59 Å². The van der Waals surface area contributed by atoms with Crippen molar-refractivity contribution in [2.24, 2.45) is 0 Å². The molecule has 0 spiro atoms. The van der Waals surface area contributed by atoms with Gasteiger partial charge in [-0.1, -0.05) is 36.5 Å². The smallest absolute Gasteiger partial charge is 0.275 e. The molecule has 0 bridgehead atoms. The van der Waals surface area contributed by atoms with Gasteiger partial charge in [-0.05, 0) is 12.5 Å². The number of nitrogens with one attached hydrogen (secondary N) is 1. The van der Waals surface area contributed by atoms with Crippen LogP contribution in [-0.4, -0.2) is 25.9 Å². The maximum absolute atomic E-state index is 12.3. The Morgan fingerprint density at radius 3 is 2.83 bits per heavy atom. The monoisotopic (exact) mass is 329 g/mol. The maximum atomic E-state index is 12.3. The molecule has 1 amide bonds. The van der Waals surface area contributed by atoms with E-state index < -0.39 is 0 Å². The van der Waals surface area contributed by atoms with Crippen LogP contribution >= 0.6 is 11.3 Å².